The molecule has 0 aliphatic carbocycles. The Hall–Kier alpha value is -1.71. The van der Waals surface area contributed by atoms with Crippen molar-refractivity contribution in [1.82, 2.24) is 9.97 Å². The number of nitrogen functional groups attached to an aromatic ring is 1. The number of hydrogen-bond acceptors (Lipinski definition) is 3. The molecular weight excluding hydrogens is 200 g/mol. The molecular formula is C12H18N4. The maximum atomic E-state index is 5.71. The summed E-state index contributed by atoms with van der Waals surface area (Å²) in [6, 6.07) is 5.67. The van der Waals surface area contributed by atoms with E-state index in [1.807, 2.05) is 18.2 Å². The predicted octanol–water partition coefficient (Wildman–Crippen LogP) is 2.60. The molecule has 4 N–H and O–H groups in total. The molecule has 86 valence electrons. The van der Waals surface area contributed by atoms with Gasteiger partial charge in [0.1, 0.15) is 0 Å². The Bertz CT molecular complexity index is 493. The summed E-state index contributed by atoms with van der Waals surface area (Å²) in [6.07, 6.45) is 0. The van der Waals surface area contributed by atoms with Crippen LogP contribution in [-0.4, -0.2) is 16.5 Å². The van der Waals surface area contributed by atoms with E-state index < -0.39 is 0 Å². The average molecular weight is 218 g/mol. The highest BCUT2D eigenvalue weighted by molar-refractivity contribution is 5.80. The Morgan fingerprint density at radius 3 is 2.81 bits per heavy atom. The summed E-state index contributed by atoms with van der Waals surface area (Å²) in [5.74, 6) is 0.801. The highest BCUT2D eigenvalue weighted by atomic mass is 15.1. The zero-order chi connectivity index (χ0) is 11.8. The minimum absolute atomic E-state index is 0.234. The number of fused-ring (bicyclic) bond motifs is 1. The number of rotatable bonds is 2. The first-order valence-electron chi connectivity index (χ1n) is 5.43. The second-order valence-electron chi connectivity index (χ2n) is 5.28. The van der Waals surface area contributed by atoms with Gasteiger partial charge in [0, 0.05) is 12.2 Å². The normalized spacial score (nSPS) is 11.9. The van der Waals surface area contributed by atoms with Crippen LogP contribution in [-0.2, 0) is 0 Å². The summed E-state index contributed by atoms with van der Waals surface area (Å²) in [4.78, 5) is 7.64. The van der Waals surface area contributed by atoms with E-state index in [9.17, 15) is 0 Å². The fraction of sp³-hybridized carbons (Fsp3) is 0.417. The van der Waals surface area contributed by atoms with Crippen molar-refractivity contribution < 1.29 is 0 Å². The molecule has 0 saturated heterocycles. The van der Waals surface area contributed by atoms with Crippen LogP contribution in [0.15, 0.2) is 18.2 Å². The number of benzene rings is 1. The molecule has 1 aromatic carbocycles. The molecule has 2 aromatic rings. The molecule has 0 unspecified atom stereocenters. The zero-order valence-electron chi connectivity index (χ0n) is 9.96. The van der Waals surface area contributed by atoms with Gasteiger partial charge in [0.05, 0.1) is 11.0 Å². The van der Waals surface area contributed by atoms with E-state index in [4.69, 9.17) is 5.73 Å². The second kappa shape index (κ2) is 3.70. The van der Waals surface area contributed by atoms with Crippen LogP contribution in [0.2, 0.25) is 0 Å². The number of nitrogens with one attached hydrogen (secondary N) is 2. The molecule has 1 aromatic heterocycles. The summed E-state index contributed by atoms with van der Waals surface area (Å²) in [6.45, 7) is 7.42. The van der Waals surface area contributed by atoms with Gasteiger partial charge in [-0.15, -0.1) is 0 Å². The van der Waals surface area contributed by atoms with Crippen LogP contribution in [0.25, 0.3) is 11.0 Å². The molecule has 4 nitrogen and oxygen atoms in total. The van der Waals surface area contributed by atoms with Crippen molar-refractivity contribution >= 4 is 22.7 Å². The Kier molecular flexibility index (Phi) is 2.50. The van der Waals surface area contributed by atoms with Crippen molar-refractivity contribution in [2.45, 2.75) is 20.8 Å². The van der Waals surface area contributed by atoms with Gasteiger partial charge in [-0.1, -0.05) is 20.8 Å². The number of nitrogens with zero attached hydrogens (tertiary/aromatic N) is 1. The van der Waals surface area contributed by atoms with Crippen molar-refractivity contribution in [3.8, 4) is 0 Å². The zero-order valence-corrected chi connectivity index (χ0v) is 9.96. The number of imidazole rings is 1. The van der Waals surface area contributed by atoms with E-state index in [1.54, 1.807) is 0 Å². The molecule has 0 aliphatic heterocycles. The van der Waals surface area contributed by atoms with E-state index in [2.05, 4.69) is 36.1 Å². The second-order valence-corrected chi connectivity index (χ2v) is 5.28. The number of aromatic amines is 1. The number of anilines is 2. The molecule has 0 bridgehead atoms. The summed E-state index contributed by atoms with van der Waals surface area (Å²) < 4.78 is 0. The summed E-state index contributed by atoms with van der Waals surface area (Å²) in [5.41, 5.74) is 8.60. The van der Waals surface area contributed by atoms with Gasteiger partial charge < -0.3 is 16.0 Å². The quantitative estimate of drug-likeness (QED) is 0.679. The van der Waals surface area contributed by atoms with Crippen LogP contribution in [0.1, 0.15) is 20.8 Å². The van der Waals surface area contributed by atoms with Gasteiger partial charge >= 0.3 is 0 Å². The van der Waals surface area contributed by atoms with E-state index >= 15 is 0 Å². The summed E-state index contributed by atoms with van der Waals surface area (Å²) in [7, 11) is 0. The smallest absolute Gasteiger partial charge is 0.201 e. The molecule has 0 spiro atoms. The molecule has 0 fully saturated rings. The van der Waals surface area contributed by atoms with Gasteiger partial charge in [-0.05, 0) is 23.6 Å². The third-order valence-corrected chi connectivity index (χ3v) is 2.29. The molecule has 0 saturated carbocycles. The van der Waals surface area contributed by atoms with Gasteiger partial charge in [0.15, 0.2) is 0 Å². The Balaban J connectivity index is 2.20. The Labute approximate surface area is 95.3 Å². The largest absolute Gasteiger partial charge is 0.399 e. The molecule has 0 amide bonds. The highest BCUT2D eigenvalue weighted by Crippen LogP contribution is 2.19. The van der Waals surface area contributed by atoms with Crippen LogP contribution in [0.5, 0.6) is 0 Å². The van der Waals surface area contributed by atoms with Gasteiger partial charge in [-0.25, -0.2) is 4.98 Å². The van der Waals surface area contributed by atoms with Crippen LogP contribution in [0.3, 0.4) is 0 Å². The van der Waals surface area contributed by atoms with Crippen LogP contribution < -0.4 is 11.1 Å². The lowest BCUT2D eigenvalue weighted by Gasteiger charge is -2.17. The maximum Gasteiger partial charge on any atom is 0.201 e. The third-order valence-electron chi connectivity index (χ3n) is 2.29. The van der Waals surface area contributed by atoms with Crippen molar-refractivity contribution in [3.05, 3.63) is 18.2 Å². The number of H-pyrrole nitrogens is 1. The highest BCUT2D eigenvalue weighted by Gasteiger charge is 2.10. The first-order chi connectivity index (χ1) is 7.44. The lowest BCUT2D eigenvalue weighted by Crippen LogP contribution is -2.19. The number of nitrogens with two attached hydrogens (primary N) is 1. The van der Waals surface area contributed by atoms with E-state index in [0.717, 1.165) is 29.2 Å². The first-order valence-corrected chi connectivity index (χ1v) is 5.43. The van der Waals surface area contributed by atoms with Crippen molar-refractivity contribution in [3.63, 3.8) is 0 Å². The number of hydrogen-bond donors (Lipinski definition) is 3. The Morgan fingerprint density at radius 2 is 2.12 bits per heavy atom. The van der Waals surface area contributed by atoms with E-state index in [1.165, 1.54) is 0 Å². The van der Waals surface area contributed by atoms with E-state index in [-0.39, 0.29) is 5.41 Å². The monoisotopic (exact) mass is 218 g/mol. The van der Waals surface area contributed by atoms with Crippen LogP contribution in [0, 0.1) is 5.41 Å². The van der Waals surface area contributed by atoms with E-state index in [0.29, 0.717) is 0 Å². The van der Waals surface area contributed by atoms with Gasteiger partial charge in [-0.2, -0.15) is 0 Å². The SMILES string of the molecule is CC(C)(C)CNc1nc2ccc(N)cc2[nH]1. The predicted molar refractivity (Wildman–Crippen MR) is 68.5 cm³/mol. The van der Waals surface area contributed by atoms with Gasteiger partial charge in [0.25, 0.3) is 0 Å². The topological polar surface area (TPSA) is 66.7 Å². The van der Waals surface area contributed by atoms with Crippen LogP contribution >= 0.6 is 0 Å². The molecule has 0 atom stereocenters. The van der Waals surface area contributed by atoms with Crippen molar-refractivity contribution in [2.75, 3.05) is 17.6 Å². The Morgan fingerprint density at radius 1 is 1.38 bits per heavy atom. The standard InChI is InChI=1S/C12H18N4/c1-12(2,3)7-14-11-15-9-5-4-8(13)6-10(9)16-11/h4-6H,7,13H2,1-3H3,(H2,14,15,16). The molecule has 0 radical (unpaired) electrons. The minimum Gasteiger partial charge on any atom is -0.399 e. The molecule has 16 heavy (non-hydrogen) atoms. The lowest BCUT2D eigenvalue weighted by molar-refractivity contribution is 0.442. The maximum absolute atomic E-state index is 5.71. The minimum atomic E-state index is 0.234. The summed E-state index contributed by atoms with van der Waals surface area (Å²) >= 11 is 0. The summed E-state index contributed by atoms with van der Waals surface area (Å²) in [5, 5.41) is 3.29. The molecule has 1 heterocycles. The lowest BCUT2D eigenvalue weighted by atomic mass is 9.97. The van der Waals surface area contributed by atoms with Crippen LogP contribution in [0.4, 0.5) is 11.6 Å². The van der Waals surface area contributed by atoms with Gasteiger partial charge in [0.2, 0.25) is 5.95 Å². The van der Waals surface area contributed by atoms with Gasteiger partial charge in [-0.3, -0.25) is 0 Å². The fourth-order valence-electron chi connectivity index (χ4n) is 1.46. The molecule has 0 aliphatic rings. The molecule has 4 heteroatoms. The third kappa shape index (κ3) is 2.45. The number of aromatic nitrogens is 2. The average Bonchev–Trinajstić information content (AvgIpc) is 2.55. The fourth-order valence-corrected chi connectivity index (χ4v) is 1.46. The molecule has 2 rings (SSSR count). The first kappa shape index (κ1) is 10.8. The van der Waals surface area contributed by atoms with Crippen molar-refractivity contribution in [1.29, 1.82) is 0 Å². The van der Waals surface area contributed by atoms with Crippen molar-refractivity contribution in [2.24, 2.45) is 5.41 Å².